The van der Waals surface area contributed by atoms with E-state index in [2.05, 4.69) is 10.2 Å². The minimum Gasteiger partial charge on any atom is -0.379 e. The average molecular weight is 280 g/mol. The van der Waals surface area contributed by atoms with Crippen molar-refractivity contribution in [3.05, 3.63) is 0 Å². The molecule has 1 N–H and O–H groups in total. The zero-order valence-corrected chi connectivity index (χ0v) is 11.2. The number of nitrogens with one attached hydrogen (secondary N) is 1. The summed E-state index contributed by atoms with van der Waals surface area (Å²) in [4.78, 5) is 2.15. The van der Waals surface area contributed by atoms with Crippen LogP contribution in [0.4, 0.5) is 13.2 Å². The molecule has 0 spiro atoms. The molecule has 0 aromatic carbocycles. The van der Waals surface area contributed by atoms with Crippen molar-refractivity contribution in [1.29, 1.82) is 0 Å². The molecule has 1 aliphatic heterocycles. The maximum Gasteiger partial charge on any atom is 0.404 e. The number of nitrogens with zero attached hydrogens (tertiary/aromatic N) is 1. The highest BCUT2D eigenvalue weighted by atomic mass is 19.4. The first-order valence-electron chi connectivity index (χ1n) is 7.17. The van der Waals surface area contributed by atoms with Crippen LogP contribution in [0.2, 0.25) is 0 Å². The quantitative estimate of drug-likeness (QED) is 0.834. The maximum atomic E-state index is 13.0. The molecule has 19 heavy (non-hydrogen) atoms. The normalized spacial score (nSPS) is 24.8. The summed E-state index contributed by atoms with van der Waals surface area (Å²) < 4.78 is 44.3. The van der Waals surface area contributed by atoms with Crippen molar-refractivity contribution >= 4 is 0 Å². The lowest BCUT2D eigenvalue weighted by molar-refractivity contribution is -0.167. The molecule has 112 valence electrons. The van der Waals surface area contributed by atoms with E-state index in [-0.39, 0.29) is 5.92 Å². The van der Waals surface area contributed by atoms with Gasteiger partial charge in [0.2, 0.25) is 0 Å². The standard InChI is InChI=1S/C13H23F3N2O/c14-13(15,16)12(11-3-1-2-4-11)17-5-6-18-7-9-19-10-8-18/h11-12,17H,1-10H2/t12-/m1/s1. The van der Waals surface area contributed by atoms with Crippen LogP contribution >= 0.6 is 0 Å². The smallest absolute Gasteiger partial charge is 0.379 e. The summed E-state index contributed by atoms with van der Waals surface area (Å²) >= 11 is 0. The Kier molecular flexibility index (Phi) is 5.47. The predicted molar refractivity (Wildman–Crippen MR) is 67.1 cm³/mol. The molecule has 2 rings (SSSR count). The Labute approximate surface area is 112 Å². The fourth-order valence-corrected chi connectivity index (χ4v) is 3.04. The van der Waals surface area contributed by atoms with Crippen LogP contribution in [0.5, 0.6) is 0 Å². The molecule has 6 heteroatoms. The second-order valence-electron chi connectivity index (χ2n) is 5.47. The van der Waals surface area contributed by atoms with E-state index in [0.717, 1.165) is 25.9 Å². The van der Waals surface area contributed by atoms with Gasteiger partial charge in [0.05, 0.1) is 13.2 Å². The number of hydrogen-bond acceptors (Lipinski definition) is 3. The van der Waals surface area contributed by atoms with E-state index in [1.807, 2.05) is 0 Å². The third kappa shape index (κ3) is 4.61. The van der Waals surface area contributed by atoms with E-state index in [0.29, 0.717) is 39.1 Å². The van der Waals surface area contributed by atoms with Crippen LogP contribution in [0.25, 0.3) is 0 Å². The predicted octanol–water partition coefficient (Wildman–Crippen LogP) is 2.03. The molecule has 1 aliphatic carbocycles. The lowest BCUT2D eigenvalue weighted by Gasteiger charge is -2.30. The highest BCUT2D eigenvalue weighted by molar-refractivity contribution is 4.86. The topological polar surface area (TPSA) is 24.5 Å². The summed E-state index contributed by atoms with van der Waals surface area (Å²) in [6.45, 7) is 4.09. The van der Waals surface area contributed by atoms with Gasteiger partial charge in [-0.1, -0.05) is 12.8 Å². The van der Waals surface area contributed by atoms with Crippen molar-refractivity contribution in [2.24, 2.45) is 5.92 Å². The van der Waals surface area contributed by atoms with Gasteiger partial charge in [0.1, 0.15) is 6.04 Å². The summed E-state index contributed by atoms with van der Waals surface area (Å²) in [5, 5.41) is 2.74. The van der Waals surface area contributed by atoms with Crippen LogP contribution < -0.4 is 5.32 Å². The first-order valence-corrected chi connectivity index (χ1v) is 7.17. The fourth-order valence-electron chi connectivity index (χ4n) is 3.04. The van der Waals surface area contributed by atoms with Crippen LogP contribution in [-0.2, 0) is 4.74 Å². The van der Waals surface area contributed by atoms with E-state index in [9.17, 15) is 13.2 Å². The molecular formula is C13H23F3N2O. The number of halogens is 3. The van der Waals surface area contributed by atoms with E-state index in [1.165, 1.54) is 0 Å². The third-order valence-corrected chi connectivity index (χ3v) is 4.12. The second kappa shape index (κ2) is 6.90. The molecular weight excluding hydrogens is 257 g/mol. The van der Waals surface area contributed by atoms with Gasteiger partial charge >= 0.3 is 6.18 Å². The Morgan fingerprint density at radius 2 is 1.79 bits per heavy atom. The highest BCUT2D eigenvalue weighted by Crippen LogP contribution is 2.35. The van der Waals surface area contributed by atoms with Gasteiger partial charge in [-0.15, -0.1) is 0 Å². The molecule has 0 unspecified atom stereocenters. The van der Waals surface area contributed by atoms with Crippen LogP contribution in [-0.4, -0.2) is 56.5 Å². The van der Waals surface area contributed by atoms with Gasteiger partial charge in [-0.3, -0.25) is 4.90 Å². The molecule has 1 saturated carbocycles. The minimum atomic E-state index is -4.12. The lowest BCUT2D eigenvalue weighted by Crippen LogP contribution is -2.50. The van der Waals surface area contributed by atoms with Crippen LogP contribution in [0.15, 0.2) is 0 Å². The average Bonchev–Trinajstić information content (AvgIpc) is 2.88. The molecule has 2 aliphatic rings. The zero-order valence-electron chi connectivity index (χ0n) is 11.2. The Balaban J connectivity index is 1.76. The molecule has 0 bridgehead atoms. The Bertz CT molecular complexity index is 261. The zero-order chi connectivity index (χ0) is 13.7. The van der Waals surface area contributed by atoms with Gasteiger partial charge in [0, 0.05) is 26.2 Å². The fraction of sp³-hybridized carbons (Fsp3) is 1.00. The van der Waals surface area contributed by atoms with Crippen molar-refractivity contribution in [3.63, 3.8) is 0 Å². The Morgan fingerprint density at radius 1 is 1.16 bits per heavy atom. The van der Waals surface area contributed by atoms with E-state index in [1.54, 1.807) is 0 Å². The largest absolute Gasteiger partial charge is 0.404 e. The van der Waals surface area contributed by atoms with Crippen molar-refractivity contribution in [2.45, 2.75) is 37.9 Å². The van der Waals surface area contributed by atoms with E-state index < -0.39 is 12.2 Å². The molecule has 0 amide bonds. The number of alkyl halides is 3. The first-order chi connectivity index (χ1) is 9.07. The van der Waals surface area contributed by atoms with Gasteiger partial charge in [-0.25, -0.2) is 0 Å². The van der Waals surface area contributed by atoms with Gasteiger partial charge in [0.15, 0.2) is 0 Å². The lowest BCUT2D eigenvalue weighted by atomic mass is 9.97. The van der Waals surface area contributed by atoms with Gasteiger partial charge in [-0.2, -0.15) is 13.2 Å². The van der Waals surface area contributed by atoms with Gasteiger partial charge < -0.3 is 10.1 Å². The van der Waals surface area contributed by atoms with Gasteiger partial charge in [-0.05, 0) is 18.8 Å². The molecule has 1 saturated heterocycles. The molecule has 0 aromatic heterocycles. The highest BCUT2D eigenvalue weighted by Gasteiger charge is 2.44. The monoisotopic (exact) mass is 280 g/mol. The first kappa shape index (κ1) is 15.1. The molecule has 2 fully saturated rings. The summed E-state index contributed by atoms with van der Waals surface area (Å²) in [5.41, 5.74) is 0. The number of morpholine rings is 1. The molecule has 0 radical (unpaired) electrons. The van der Waals surface area contributed by atoms with Crippen molar-refractivity contribution < 1.29 is 17.9 Å². The SMILES string of the molecule is FC(F)(F)[C@H](NCCN1CCOCC1)C1CCCC1. The Morgan fingerprint density at radius 3 is 2.37 bits per heavy atom. The second-order valence-corrected chi connectivity index (χ2v) is 5.47. The third-order valence-electron chi connectivity index (χ3n) is 4.12. The molecule has 1 atom stereocenters. The van der Waals surface area contributed by atoms with Crippen molar-refractivity contribution in [1.82, 2.24) is 10.2 Å². The van der Waals surface area contributed by atoms with Crippen LogP contribution in [0.1, 0.15) is 25.7 Å². The van der Waals surface area contributed by atoms with Crippen LogP contribution in [0, 0.1) is 5.92 Å². The summed E-state index contributed by atoms with van der Waals surface area (Å²) in [7, 11) is 0. The van der Waals surface area contributed by atoms with Crippen molar-refractivity contribution in [3.8, 4) is 0 Å². The molecule has 0 aromatic rings. The summed E-state index contributed by atoms with van der Waals surface area (Å²) in [6, 6.07) is -1.32. The molecule has 1 heterocycles. The van der Waals surface area contributed by atoms with E-state index in [4.69, 9.17) is 4.74 Å². The minimum absolute atomic E-state index is 0.232. The number of rotatable bonds is 5. The Hall–Kier alpha value is -0.330. The summed E-state index contributed by atoms with van der Waals surface area (Å²) in [5.74, 6) is -0.232. The number of ether oxygens (including phenoxy) is 1. The van der Waals surface area contributed by atoms with Gasteiger partial charge in [0.25, 0.3) is 0 Å². The maximum absolute atomic E-state index is 13.0. The van der Waals surface area contributed by atoms with Crippen molar-refractivity contribution in [2.75, 3.05) is 39.4 Å². The summed E-state index contributed by atoms with van der Waals surface area (Å²) in [6.07, 6.45) is -0.853. The number of hydrogen-bond donors (Lipinski definition) is 1. The van der Waals surface area contributed by atoms with E-state index >= 15 is 0 Å². The van der Waals surface area contributed by atoms with Crippen LogP contribution in [0.3, 0.4) is 0 Å². The molecule has 3 nitrogen and oxygen atoms in total.